The zero-order valence-electron chi connectivity index (χ0n) is 26.8. The molecule has 4 nitrogen and oxygen atoms in total. The van der Waals surface area contributed by atoms with Crippen LogP contribution in [0.4, 0.5) is 0 Å². The normalized spacial score (nSPS) is 12.1. The third-order valence-electron chi connectivity index (χ3n) is 8.79. The Kier molecular flexibility index (Phi) is 8.76. The highest BCUT2D eigenvalue weighted by molar-refractivity contribution is 14.1. The lowest BCUT2D eigenvalue weighted by Gasteiger charge is -2.06. The Morgan fingerprint density at radius 3 is 1.64 bits per heavy atom. The third-order valence-corrected chi connectivity index (χ3v) is 9.59. The van der Waals surface area contributed by atoms with Crippen LogP contribution in [-0.2, 0) is 0 Å². The van der Waals surface area contributed by atoms with Gasteiger partial charge in [-0.25, -0.2) is 0 Å². The molecule has 0 spiro atoms. The molecule has 2 aromatic heterocycles. The smallest absolute Gasteiger partial charge is 0.455 e. The average molecular weight is 759 g/mol. The van der Waals surface area contributed by atoms with Gasteiger partial charge in [-0.05, 0) is 74.0 Å². The van der Waals surface area contributed by atoms with E-state index in [2.05, 4.69) is 138 Å². The Morgan fingerprint density at radius 2 is 1.06 bits per heavy atom. The van der Waals surface area contributed by atoms with E-state index in [1.54, 1.807) is 24.3 Å². The van der Waals surface area contributed by atoms with Crippen molar-refractivity contribution in [2.24, 2.45) is 0 Å². The zero-order chi connectivity index (χ0) is 34.0. The molecule has 10 rings (SSSR count). The van der Waals surface area contributed by atoms with Gasteiger partial charge < -0.3 is 18.9 Å². The Labute approximate surface area is 302 Å². The molecule has 0 aliphatic heterocycles. The average Bonchev–Trinajstić information content (AvgIpc) is 3.76. The molecule has 0 saturated heterocycles. The predicted octanol–water partition coefficient (Wildman–Crippen LogP) is 11.6. The van der Waals surface area contributed by atoms with Crippen molar-refractivity contribution in [1.29, 1.82) is 0 Å². The molecule has 1 aliphatic carbocycles. The highest BCUT2D eigenvalue weighted by Gasteiger charge is 2.19. The molecule has 0 bridgehead atoms. The highest BCUT2D eigenvalue weighted by Crippen LogP contribution is 2.41. The number of benzene rings is 7. The van der Waals surface area contributed by atoms with E-state index in [0.717, 1.165) is 31.5 Å². The molecule has 0 atom stereocenters. The molecule has 9 aromatic rings. The van der Waals surface area contributed by atoms with Gasteiger partial charge in [-0.1, -0.05) is 115 Å². The van der Waals surface area contributed by atoms with E-state index in [4.69, 9.17) is 18.9 Å². The number of allylic oxidation sites excluding steroid dienone is 6. The van der Waals surface area contributed by atoms with Crippen LogP contribution in [0.1, 0.15) is 0 Å². The maximum absolute atomic E-state index is 8.55. The summed E-state index contributed by atoms with van der Waals surface area (Å²) in [5.41, 5.74) is 6.60. The van der Waals surface area contributed by atoms with Crippen LogP contribution in [0.5, 0.6) is 0 Å². The van der Waals surface area contributed by atoms with Gasteiger partial charge in [0.2, 0.25) is 0 Å². The van der Waals surface area contributed by atoms with Crippen LogP contribution in [0, 0.1) is 9.65 Å². The van der Waals surface area contributed by atoms with Crippen molar-refractivity contribution in [2.75, 3.05) is 0 Å². The molecule has 7 aromatic carbocycles. The molecular weight excluding hydrogens is 730 g/mol. The minimum Gasteiger partial charge on any atom is -0.455 e. The van der Waals surface area contributed by atoms with Crippen molar-refractivity contribution in [1.82, 2.24) is 0 Å². The summed E-state index contributed by atoms with van der Waals surface area (Å²) in [6.07, 6.45) is 9.40. The van der Waals surface area contributed by atoms with Gasteiger partial charge in [0, 0.05) is 51.4 Å². The van der Waals surface area contributed by atoms with E-state index in [1.807, 2.05) is 30.3 Å². The van der Waals surface area contributed by atoms with Gasteiger partial charge in [0.15, 0.2) is 0 Å². The second-order valence-electron chi connectivity index (χ2n) is 11.9. The lowest BCUT2D eigenvalue weighted by molar-refractivity contribution is 0.420. The summed E-state index contributed by atoms with van der Waals surface area (Å²) in [5.74, 6) is 0. The van der Waals surface area contributed by atoms with E-state index in [9.17, 15) is 0 Å². The quantitative estimate of drug-likeness (QED) is 0.105. The van der Waals surface area contributed by atoms with E-state index in [-0.39, 0.29) is 0 Å². The summed E-state index contributed by atoms with van der Waals surface area (Å²) in [6.45, 7) is 0. The lowest BCUT2D eigenvalue weighted by atomic mass is 9.78. The second-order valence-corrected chi connectivity index (χ2v) is 13.0. The molecule has 238 valence electrons. The van der Waals surface area contributed by atoms with Crippen LogP contribution in [0.2, 0.25) is 0 Å². The molecule has 1 aliphatic rings. The molecule has 2 heterocycles. The number of para-hydroxylation sites is 2. The lowest BCUT2D eigenvalue weighted by Crippen LogP contribution is -2.14. The Hall–Kier alpha value is -5.50. The first kappa shape index (κ1) is 31.8. The molecule has 50 heavy (non-hydrogen) atoms. The number of furan rings is 2. The standard InChI is InChI=1S/C22H14O.C16H9IO.C6H6BO2/c1-2-8-15(9-3-1)19-14-16-10-4-5-11-17(16)21-18-12-6-7-13-20(18)23-22(19)21;17-13-9-10-5-1-2-6-11(10)15-12-7-3-4-8-14(12)18-16(13)15;8-7(9)6-4-2-1-3-5-6/h1-14H;1-9H;1-4,8-9H/q;;+1. The number of halogens is 1. The number of fused-ring (bicyclic) bond motifs is 10. The van der Waals surface area contributed by atoms with Crippen LogP contribution in [0.15, 0.2) is 178 Å². The number of hydrogen-bond acceptors (Lipinski definition) is 4. The van der Waals surface area contributed by atoms with Gasteiger partial charge in [-0.3, -0.25) is 0 Å². The van der Waals surface area contributed by atoms with E-state index < -0.39 is 7.12 Å². The third kappa shape index (κ3) is 6.00. The Bertz CT molecular complexity index is 2750. The van der Waals surface area contributed by atoms with Crippen molar-refractivity contribution in [2.45, 2.75) is 0 Å². The minimum absolute atomic E-state index is 0.400. The maximum Gasteiger partial charge on any atom is 0.526 e. The summed E-state index contributed by atoms with van der Waals surface area (Å²) in [5, 5.41) is 26.9. The molecule has 0 radical (unpaired) electrons. The first-order valence-electron chi connectivity index (χ1n) is 16.3. The van der Waals surface area contributed by atoms with Crippen molar-refractivity contribution in [3.63, 3.8) is 0 Å². The summed E-state index contributed by atoms with van der Waals surface area (Å²) in [4.78, 5) is 0. The van der Waals surface area contributed by atoms with Crippen LogP contribution in [0.25, 0.3) is 76.5 Å². The molecule has 0 amide bonds. The number of rotatable bonds is 2. The van der Waals surface area contributed by atoms with Crippen LogP contribution in [-0.4, -0.2) is 17.2 Å². The van der Waals surface area contributed by atoms with Crippen LogP contribution < -0.4 is 0 Å². The Balaban J connectivity index is 0.000000119. The summed E-state index contributed by atoms with van der Waals surface area (Å²) in [7, 11) is -1.40. The van der Waals surface area contributed by atoms with Crippen molar-refractivity contribution >= 4 is 95.1 Å². The van der Waals surface area contributed by atoms with Crippen LogP contribution >= 0.6 is 22.6 Å². The molecule has 6 heteroatoms. The van der Waals surface area contributed by atoms with Gasteiger partial charge in [0.25, 0.3) is 0 Å². The first-order valence-corrected chi connectivity index (χ1v) is 17.3. The van der Waals surface area contributed by atoms with E-state index in [1.165, 1.54) is 48.7 Å². The fourth-order valence-electron chi connectivity index (χ4n) is 6.51. The Morgan fingerprint density at radius 1 is 0.540 bits per heavy atom. The van der Waals surface area contributed by atoms with Gasteiger partial charge in [0.1, 0.15) is 33.9 Å². The summed E-state index contributed by atoms with van der Waals surface area (Å²) >= 11 is 2.35. The highest BCUT2D eigenvalue weighted by atomic mass is 127. The predicted molar refractivity (Wildman–Crippen MR) is 216 cm³/mol. The van der Waals surface area contributed by atoms with Gasteiger partial charge in [-0.2, -0.15) is 0 Å². The SMILES string of the molecule is Ic1cc2ccccc2c2c1oc1ccccc12.OB(O)C1=CC=CC=[C+]1.c1ccc(-c2cc3ccccc3c3c2oc2ccccc23)cc1. The molecule has 0 unspecified atom stereocenters. The minimum atomic E-state index is -1.40. The van der Waals surface area contributed by atoms with Crippen molar-refractivity contribution in [3.05, 3.63) is 179 Å². The fourth-order valence-corrected chi connectivity index (χ4v) is 7.22. The molecule has 0 fully saturated rings. The summed E-state index contributed by atoms with van der Waals surface area (Å²) in [6, 6.07) is 48.4. The van der Waals surface area contributed by atoms with Gasteiger partial charge in [0.05, 0.1) is 3.57 Å². The monoisotopic (exact) mass is 759 g/mol. The molecule has 0 saturated carbocycles. The summed E-state index contributed by atoms with van der Waals surface area (Å²) < 4.78 is 13.4. The maximum atomic E-state index is 8.55. The van der Waals surface area contributed by atoms with Crippen molar-refractivity contribution in [3.8, 4) is 11.1 Å². The number of hydrogen-bond donors (Lipinski definition) is 2. The topological polar surface area (TPSA) is 66.7 Å². The van der Waals surface area contributed by atoms with Crippen molar-refractivity contribution < 1.29 is 18.9 Å². The van der Waals surface area contributed by atoms with E-state index in [0.29, 0.717) is 5.47 Å². The molecule has 2 N–H and O–H groups in total. The van der Waals surface area contributed by atoms with Crippen LogP contribution in [0.3, 0.4) is 0 Å². The van der Waals surface area contributed by atoms with Gasteiger partial charge >= 0.3 is 7.12 Å². The van der Waals surface area contributed by atoms with Gasteiger partial charge in [-0.15, -0.1) is 0 Å². The second kappa shape index (κ2) is 13.8. The fraction of sp³-hybridized carbons (Fsp3) is 0. The van der Waals surface area contributed by atoms with E-state index >= 15 is 0 Å². The zero-order valence-corrected chi connectivity index (χ0v) is 28.9. The molecular formula is C44H29BIO4+. The largest absolute Gasteiger partial charge is 0.526 e. The first-order chi connectivity index (χ1) is 24.6.